The zero-order chi connectivity index (χ0) is 20.4. The van der Waals surface area contributed by atoms with Gasteiger partial charge in [0.25, 0.3) is 5.91 Å². The van der Waals surface area contributed by atoms with Gasteiger partial charge in [0.1, 0.15) is 5.75 Å². The lowest BCUT2D eigenvalue weighted by molar-refractivity contribution is 0.0963. The third kappa shape index (κ3) is 4.12. The maximum absolute atomic E-state index is 12.6. The average Bonchev–Trinajstić information content (AvgIpc) is 3.37. The highest BCUT2D eigenvalue weighted by Crippen LogP contribution is 2.32. The summed E-state index contributed by atoms with van der Waals surface area (Å²) in [6.45, 7) is 0.525. The Balaban J connectivity index is 1.52. The van der Waals surface area contributed by atoms with E-state index in [1.807, 2.05) is 6.07 Å². The van der Waals surface area contributed by atoms with Crippen LogP contribution in [-0.4, -0.2) is 28.0 Å². The van der Waals surface area contributed by atoms with Crippen molar-refractivity contribution in [1.29, 1.82) is 0 Å². The van der Waals surface area contributed by atoms with Gasteiger partial charge < -0.3 is 14.1 Å². The lowest BCUT2D eigenvalue weighted by Gasteiger charge is -2.17. The molecule has 7 nitrogen and oxygen atoms in total. The lowest BCUT2D eigenvalue weighted by atomic mass is 10.1. The van der Waals surface area contributed by atoms with E-state index < -0.39 is 10.0 Å². The minimum Gasteiger partial charge on any atom is -0.497 e. The number of methoxy groups -OCH3 is 1. The normalized spacial score (nSPS) is 13.2. The maximum atomic E-state index is 12.6. The van der Waals surface area contributed by atoms with E-state index >= 15 is 0 Å². The van der Waals surface area contributed by atoms with Crippen LogP contribution >= 0.6 is 0 Å². The molecule has 0 spiro atoms. The van der Waals surface area contributed by atoms with E-state index in [9.17, 15) is 13.2 Å². The molecule has 29 heavy (non-hydrogen) atoms. The molecule has 8 heteroatoms. The summed E-state index contributed by atoms with van der Waals surface area (Å²) < 4.78 is 38.1. The van der Waals surface area contributed by atoms with Crippen molar-refractivity contribution >= 4 is 27.3 Å². The Bertz CT molecular complexity index is 1120. The molecule has 1 N–H and O–H groups in total. The van der Waals surface area contributed by atoms with E-state index in [0.717, 1.165) is 5.56 Å². The van der Waals surface area contributed by atoms with E-state index in [-0.39, 0.29) is 17.4 Å². The van der Waals surface area contributed by atoms with Crippen LogP contribution in [0.15, 0.2) is 65.3 Å². The summed E-state index contributed by atoms with van der Waals surface area (Å²) >= 11 is 0. The van der Waals surface area contributed by atoms with Gasteiger partial charge in [0.05, 0.1) is 24.8 Å². The second kappa shape index (κ2) is 7.63. The molecule has 1 aromatic heterocycles. The second-order valence-electron chi connectivity index (χ2n) is 6.74. The monoisotopic (exact) mass is 412 g/mol. The minimum absolute atomic E-state index is 0.164. The van der Waals surface area contributed by atoms with E-state index in [2.05, 4.69) is 4.72 Å². The fraction of sp³-hybridized carbons (Fsp3) is 0.190. The molecule has 150 valence electrons. The second-order valence-corrected chi connectivity index (χ2v) is 8.46. The summed E-state index contributed by atoms with van der Waals surface area (Å²) in [5.74, 6) is 0.512. The number of carbonyl (C=O) groups excluding carboxylic acids is 1. The minimum atomic E-state index is -3.62. The molecule has 3 aromatic rings. The number of benzene rings is 2. The highest BCUT2D eigenvalue weighted by atomic mass is 32.2. The van der Waals surface area contributed by atoms with E-state index in [0.29, 0.717) is 35.7 Å². The van der Waals surface area contributed by atoms with Gasteiger partial charge in [-0.1, -0.05) is 18.2 Å². The smallest absolute Gasteiger partial charge is 0.293 e. The number of sulfonamides is 1. The Hall–Kier alpha value is -3.26. The van der Waals surface area contributed by atoms with Crippen LogP contribution in [0.1, 0.15) is 21.7 Å². The van der Waals surface area contributed by atoms with Gasteiger partial charge in [-0.05, 0) is 53.9 Å². The summed E-state index contributed by atoms with van der Waals surface area (Å²) in [6, 6.07) is 15.4. The summed E-state index contributed by atoms with van der Waals surface area (Å²) in [7, 11) is -2.06. The van der Waals surface area contributed by atoms with Crippen LogP contribution in [0.25, 0.3) is 0 Å². The predicted octanol–water partition coefficient (Wildman–Crippen LogP) is 3.43. The van der Waals surface area contributed by atoms with Crippen LogP contribution < -0.4 is 14.4 Å². The van der Waals surface area contributed by atoms with Crippen LogP contribution in [0, 0.1) is 0 Å². The molecule has 0 atom stereocenters. The number of ether oxygens (including phenoxy) is 1. The van der Waals surface area contributed by atoms with Gasteiger partial charge in [-0.15, -0.1) is 0 Å². The van der Waals surface area contributed by atoms with Gasteiger partial charge in [-0.2, -0.15) is 0 Å². The summed E-state index contributed by atoms with van der Waals surface area (Å²) in [4.78, 5) is 14.3. The Morgan fingerprint density at radius 2 is 1.97 bits per heavy atom. The third-order valence-corrected chi connectivity index (χ3v) is 6.01. The number of rotatable bonds is 6. The molecule has 0 saturated heterocycles. The number of anilines is 2. The van der Waals surface area contributed by atoms with Crippen molar-refractivity contribution in [1.82, 2.24) is 0 Å². The van der Waals surface area contributed by atoms with Crippen LogP contribution in [0.5, 0.6) is 5.75 Å². The van der Waals surface area contributed by atoms with Crippen LogP contribution in [0.3, 0.4) is 0 Å². The van der Waals surface area contributed by atoms with Crippen LogP contribution in [-0.2, 0) is 22.2 Å². The predicted molar refractivity (Wildman–Crippen MR) is 110 cm³/mol. The zero-order valence-corrected chi connectivity index (χ0v) is 16.6. The Kier molecular flexibility index (Phi) is 5.02. The molecule has 0 radical (unpaired) electrons. The van der Waals surface area contributed by atoms with Gasteiger partial charge in [-0.25, -0.2) is 8.42 Å². The number of hydrogen-bond acceptors (Lipinski definition) is 5. The molecule has 2 aromatic carbocycles. The lowest BCUT2D eigenvalue weighted by Crippen LogP contribution is -2.28. The van der Waals surface area contributed by atoms with Crippen molar-refractivity contribution < 1.29 is 22.4 Å². The fourth-order valence-corrected chi connectivity index (χ4v) is 4.53. The first kappa shape index (κ1) is 19.1. The van der Waals surface area contributed by atoms with Crippen LogP contribution in [0.4, 0.5) is 11.4 Å². The molecule has 4 rings (SSSR count). The molecule has 0 saturated carbocycles. The van der Waals surface area contributed by atoms with E-state index in [1.165, 1.54) is 6.26 Å². The number of nitrogens with one attached hydrogen (secondary N) is 1. The van der Waals surface area contributed by atoms with Gasteiger partial charge >= 0.3 is 0 Å². The average molecular weight is 412 g/mol. The standard InChI is InChI=1S/C21H20N2O5S/c1-27-18-8-4-15(5-9-18)14-29(25,26)22-17-7-6-16-10-11-23(19(16)13-17)21(24)20-3-2-12-28-20/h2-9,12-13,22H,10-11,14H2,1H3. The van der Waals surface area contributed by atoms with Crippen LogP contribution in [0.2, 0.25) is 0 Å². The summed E-state index contributed by atoms with van der Waals surface area (Å²) in [5, 5.41) is 0. The van der Waals surface area contributed by atoms with Crippen molar-refractivity contribution in [2.75, 3.05) is 23.3 Å². The number of hydrogen-bond donors (Lipinski definition) is 1. The van der Waals surface area contributed by atoms with Crippen molar-refractivity contribution in [3.8, 4) is 5.75 Å². The van der Waals surface area contributed by atoms with Crippen molar-refractivity contribution in [2.45, 2.75) is 12.2 Å². The Morgan fingerprint density at radius 1 is 1.17 bits per heavy atom. The molecule has 0 fully saturated rings. The zero-order valence-electron chi connectivity index (χ0n) is 15.8. The van der Waals surface area contributed by atoms with Crippen molar-refractivity contribution in [3.05, 3.63) is 77.7 Å². The topological polar surface area (TPSA) is 88.9 Å². The van der Waals surface area contributed by atoms with Gasteiger partial charge in [0.15, 0.2) is 5.76 Å². The van der Waals surface area contributed by atoms with Gasteiger partial charge in [-0.3, -0.25) is 9.52 Å². The molecule has 0 aliphatic carbocycles. The quantitative estimate of drug-likeness (QED) is 0.670. The SMILES string of the molecule is COc1ccc(CS(=O)(=O)Nc2ccc3c(c2)N(C(=O)c2ccco2)CC3)cc1. The molecular formula is C21H20N2O5S. The molecular weight excluding hydrogens is 392 g/mol. The number of furan rings is 1. The number of nitrogens with zero attached hydrogens (tertiary/aromatic N) is 1. The van der Waals surface area contributed by atoms with Crippen molar-refractivity contribution in [3.63, 3.8) is 0 Å². The molecule has 0 bridgehead atoms. The third-order valence-electron chi connectivity index (χ3n) is 4.75. The molecule has 1 aliphatic heterocycles. The molecule has 1 aliphatic rings. The first-order valence-electron chi connectivity index (χ1n) is 9.07. The van der Waals surface area contributed by atoms with Crippen molar-refractivity contribution in [2.24, 2.45) is 0 Å². The van der Waals surface area contributed by atoms with E-state index in [4.69, 9.17) is 9.15 Å². The highest BCUT2D eigenvalue weighted by molar-refractivity contribution is 7.91. The highest BCUT2D eigenvalue weighted by Gasteiger charge is 2.27. The summed E-state index contributed by atoms with van der Waals surface area (Å²) in [5.41, 5.74) is 2.74. The fourth-order valence-electron chi connectivity index (χ4n) is 3.34. The van der Waals surface area contributed by atoms with E-state index in [1.54, 1.807) is 60.5 Å². The number of fused-ring (bicyclic) bond motifs is 1. The number of carbonyl (C=O) groups is 1. The van der Waals surface area contributed by atoms with Gasteiger partial charge in [0, 0.05) is 12.2 Å². The molecule has 2 heterocycles. The molecule has 0 unspecified atom stereocenters. The largest absolute Gasteiger partial charge is 0.497 e. The Morgan fingerprint density at radius 3 is 2.66 bits per heavy atom. The first-order chi connectivity index (χ1) is 13.9. The number of amides is 1. The first-order valence-corrected chi connectivity index (χ1v) is 10.7. The maximum Gasteiger partial charge on any atom is 0.293 e. The van der Waals surface area contributed by atoms with Gasteiger partial charge in [0.2, 0.25) is 10.0 Å². The molecule has 1 amide bonds. The Labute approximate surface area is 169 Å². The summed E-state index contributed by atoms with van der Waals surface area (Å²) in [6.07, 6.45) is 2.16.